The van der Waals surface area contributed by atoms with E-state index in [1.54, 1.807) is 29.2 Å². The molecule has 2 aromatic carbocycles. The lowest BCUT2D eigenvalue weighted by Gasteiger charge is -2.43. The second-order valence-corrected chi connectivity index (χ2v) is 8.11. The second-order valence-electron chi connectivity index (χ2n) is 7.67. The molecule has 0 radical (unpaired) electrons. The standard InChI is InChI=1S/C23H25ClN2O4/c1-2-26(22(28)23(9-4-10-23)16-5-3-6-17(24)13-16)15-21(27)25-18-7-8-19-20(14-18)30-12-11-29-19/h3,5-8,13-14H,2,4,9-12,15H2,1H3,(H,25,27). The first-order chi connectivity index (χ1) is 14.5. The van der Waals surface area contributed by atoms with Crippen LogP contribution in [0.25, 0.3) is 0 Å². The molecule has 30 heavy (non-hydrogen) atoms. The Hall–Kier alpha value is -2.73. The predicted molar refractivity (Wildman–Crippen MR) is 115 cm³/mol. The molecule has 0 bridgehead atoms. The lowest BCUT2D eigenvalue weighted by atomic mass is 9.63. The van der Waals surface area contributed by atoms with E-state index in [2.05, 4.69) is 5.32 Å². The summed E-state index contributed by atoms with van der Waals surface area (Å²) in [5.41, 5.74) is 0.955. The normalized spacial score (nSPS) is 16.3. The van der Waals surface area contributed by atoms with Crippen molar-refractivity contribution in [2.45, 2.75) is 31.6 Å². The molecule has 158 valence electrons. The fraction of sp³-hybridized carbons (Fsp3) is 0.391. The van der Waals surface area contributed by atoms with E-state index in [9.17, 15) is 9.59 Å². The fourth-order valence-corrected chi connectivity index (χ4v) is 4.26. The molecule has 4 rings (SSSR count). The number of hydrogen-bond acceptors (Lipinski definition) is 4. The fourth-order valence-electron chi connectivity index (χ4n) is 4.07. The molecule has 7 heteroatoms. The van der Waals surface area contributed by atoms with Gasteiger partial charge in [-0.3, -0.25) is 9.59 Å². The van der Waals surface area contributed by atoms with Crippen molar-refractivity contribution in [1.29, 1.82) is 0 Å². The quantitative estimate of drug-likeness (QED) is 0.754. The number of anilines is 1. The molecule has 0 spiro atoms. The third-order valence-corrected chi connectivity index (χ3v) is 6.06. The van der Waals surface area contributed by atoms with Crippen LogP contribution in [-0.2, 0) is 15.0 Å². The summed E-state index contributed by atoms with van der Waals surface area (Å²) >= 11 is 6.17. The summed E-state index contributed by atoms with van der Waals surface area (Å²) in [7, 11) is 0. The number of carbonyl (C=O) groups excluding carboxylic acids is 2. The Bertz CT molecular complexity index is 958. The number of nitrogens with one attached hydrogen (secondary N) is 1. The van der Waals surface area contributed by atoms with Crippen LogP contribution in [0.2, 0.25) is 5.02 Å². The first-order valence-electron chi connectivity index (χ1n) is 10.3. The summed E-state index contributed by atoms with van der Waals surface area (Å²) in [6, 6.07) is 12.8. The van der Waals surface area contributed by atoms with Crippen LogP contribution in [0.4, 0.5) is 5.69 Å². The number of amides is 2. The maximum absolute atomic E-state index is 13.4. The molecule has 0 atom stereocenters. The summed E-state index contributed by atoms with van der Waals surface area (Å²) in [6.45, 7) is 3.33. The monoisotopic (exact) mass is 428 g/mol. The minimum atomic E-state index is -0.585. The Morgan fingerprint density at radius 3 is 2.53 bits per heavy atom. The highest BCUT2D eigenvalue weighted by molar-refractivity contribution is 6.30. The van der Waals surface area contributed by atoms with Gasteiger partial charge in [-0.2, -0.15) is 0 Å². The average molecular weight is 429 g/mol. The molecule has 2 aliphatic rings. The van der Waals surface area contributed by atoms with Gasteiger partial charge in [-0.1, -0.05) is 30.2 Å². The van der Waals surface area contributed by atoms with Gasteiger partial charge in [-0.15, -0.1) is 0 Å². The number of nitrogens with zero attached hydrogens (tertiary/aromatic N) is 1. The smallest absolute Gasteiger partial charge is 0.243 e. The maximum Gasteiger partial charge on any atom is 0.243 e. The van der Waals surface area contributed by atoms with Crippen LogP contribution < -0.4 is 14.8 Å². The van der Waals surface area contributed by atoms with E-state index in [1.807, 2.05) is 25.1 Å². The van der Waals surface area contributed by atoms with E-state index < -0.39 is 5.41 Å². The highest BCUT2D eigenvalue weighted by Crippen LogP contribution is 2.45. The van der Waals surface area contributed by atoms with Crippen molar-refractivity contribution in [3.05, 3.63) is 53.1 Å². The number of benzene rings is 2. The third kappa shape index (κ3) is 3.97. The van der Waals surface area contributed by atoms with Crippen LogP contribution in [0.5, 0.6) is 11.5 Å². The minimum Gasteiger partial charge on any atom is -0.486 e. The van der Waals surface area contributed by atoms with Gasteiger partial charge in [0, 0.05) is 23.3 Å². The number of ether oxygens (including phenoxy) is 2. The van der Waals surface area contributed by atoms with Crippen LogP contribution in [0.3, 0.4) is 0 Å². The molecule has 1 N–H and O–H groups in total. The Labute approximate surface area is 181 Å². The summed E-state index contributed by atoms with van der Waals surface area (Å²) in [5, 5.41) is 3.48. The van der Waals surface area contributed by atoms with Crippen LogP contribution >= 0.6 is 11.6 Å². The molecule has 0 aromatic heterocycles. The third-order valence-electron chi connectivity index (χ3n) is 5.82. The summed E-state index contributed by atoms with van der Waals surface area (Å²) in [4.78, 5) is 27.7. The molecule has 0 saturated heterocycles. The van der Waals surface area contributed by atoms with E-state index in [0.717, 1.165) is 24.8 Å². The van der Waals surface area contributed by atoms with Crippen molar-refractivity contribution in [2.24, 2.45) is 0 Å². The van der Waals surface area contributed by atoms with Gasteiger partial charge < -0.3 is 19.7 Å². The summed E-state index contributed by atoms with van der Waals surface area (Å²) in [5.74, 6) is 1.01. The van der Waals surface area contributed by atoms with Crippen molar-refractivity contribution in [3.8, 4) is 11.5 Å². The number of rotatable bonds is 6. The molecule has 1 aliphatic carbocycles. The molecule has 2 aromatic rings. The van der Waals surface area contributed by atoms with Gasteiger partial charge in [0.1, 0.15) is 13.2 Å². The SMILES string of the molecule is CCN(CC(=O)Nc1ccc2c(c1)OCCO2)C(=O)C1(c2cccc(Cl)c2)CCC1. The van der Waals surface area contributed by atoms with Crippen molar-refractivity contribution in [2.75, 3.05) is 31.6 Å². The topological polar surface area (TPSA) is 67.9 Å². The van der Waals surface area contributed by atoms with E-state index in [0.29, 0.717) is 42.0 Å². The first-order valence-corrected chi connectivity index (χ1v) is 10.6. The van der Waals surface area contributed by atoms with E-state index in [-0.39, 0.29) is 18.4 Å². The van der Waals surface area contributed by atoms with E-state index >= 15 is 0 Å². The summed E-state index contributed by atoms with van der Waals surface area (Å²) < 4.78 is 11.1. The predicted octanol–water partition coefficient (Wildman–Crippen LogP) is 4.02. The lowest BCUT2D eigenvalue weighted by Crippen LogP contribution is -2.52. The van der Waals surface area contributed by atoms with Crippen LogP contribution in [-0.4, -0.2) is 43.0 Å². The van der Waals surface area contributed by atoms with Gasteiger partial charge >= 0.3 is 0 Å². The highest BCUT2D eigenvalue weighted by atomic mass is 35.5. The maximum atomic E-state index is 13.4. The van der Waals surface area contributed by atoms with Crippen molar-refractivity contribution < 1.29 is 19.1 Å². The number of hydrogen-bond donors (Lipinski definition) is 1. The van der Waals surface area contributed by atoms with Crippen LogP contribution in [0, 0.1) is 0 Å². The zero-order valence-electron chi connectivity index (χ0n) is 16.9. The number of carbonyl (C=O) groups is 2. The lowest BCUT2D eigenvalue weighted by molar-refractivity contribution is -0.143. The molecule has 1 heterocycles. The second kappa shape index (κ2) is 8.56. The highest BCUT2D eigenvalue weighted by Gasteiger charge is 2.47. The van der Waals surface area contributed by atoms with Gasteiger partial charge in [-0.05, 0) is 49.6 Å². The minimum absolute atomic E-state index is 0.00785. The summed E-state index contributed by atoms with van der Waals surface area (Å²) in [6.07, 6.45) is 2.53. The zero-order valence-corrected chi connectivity index (χ0v) is 17.7. The molecule has 1 fully saturated rings. The molecule has 1 aliphatic heterocycles. The van der Waals surface area contributed by atoms with E-state index in [1.165, 1.54) is 0 Å². The van der Waals surface area contributed by atoms with Crippen molar-refractivity contribution in [1.82, 2.24) is 4.90 Å². The average Bonchev–Trinajstić information content (AvgIpc) is 2.71. The molecular weight excluding hydrogens is 404 g/mol. The Balaban J connectivity index is 1.46. The Morgan fingerprint density at radius 2 is 1.87 bits per heavy atom. The Morgan fingerprint density at radius 1 is 1.10 bits per heavy atom. The van der Waals surface area contributed by atoms with Gasteiger partial charge in [0.15, 0.2) is 11.5 Å². The van der Waals surface area contributed by atoms with Crippen molar-refractivity contribution >= 4 is 29.1 Å². The van der Waals surface area contributed by atoms with Gasteiger partial charge in [0.05, 0.1) is 12.0 Å². The molecular formula is C23H25ClN2O4. The van der Waals surface area contributed by atoms with Crippen LogP contribution in [0.1, 0.15) is 31.7 Å². The van der Waals surface area contributed by atoms with Gasteiger partial charge in [-0.25, -0.2) is 0 Å². The Kier molecular flexibility index (Phi) is 5.86. The largest absolute Gasteiger partial charge is 0.486 e. The van der Waals surface area contributed by atoms with Crippen molar-refractivity contribution in [3.63, 3.8) is 0 Å². The van der Waals surface area contributed by atoms with Gasteiger partial charge in [0.25, 0.3) is 0 Å². The molecule has 0 unspecified atom stereocenters. The van der Waals surface area contributed by atoms with Gasteiger partial charge in [0.2, 0.25) is 11.8 Å². The zero-order chi connectivity index (χ0) is 21.1. The number of likely N-dealkylation sites (N-methyl/N-ethyl adjacent to an activating group) is 1. The molecule has 2 amide bonds. The van der Waals surface area contributed by atoms with Crippen LogP contribution in [0.15, 0.2) is 42.5 Å². The van der Waals surface area contributed by atoms with E-state index in [4.69, 9.17) is 21.1 Å². The number of fused-ring (bicyclic) bond motifs is 1. The first kappa shape index (κ1) is 20.5. The number of halogens is 1. The molecule has 6 nitrogen and oxygen atoms in total. The molecule has 1 saturated carbocycles.